The SMILES string of the molecule is COC(C(=O)NCC(O)c1ccncc1)c1ccccc1. The average molecular weight is 286 g/mol. The Morgan fingerprint density at radius 1 is 1.19 bits per heavy atom. The number of nitrogens with zero attached hydrogens (tertiary/aromatic N) is 1. The van der Waals surface area contributed by atoms with E-state index in [1.54, 1.807) is 24.5 Å². The second kappa shape index (κ2) is 7.52. The van der Waals surface area contributed by atoms with Gasteiger partial charge in [0.25, 0.3) is 5.91 Å². The van der Waals surface area contributed by atoms with Crippen LogP contribution in [0.25, 0.3) is 0 Å². The van der Waals surface area contributed by atoms with Crippen molar-refractivity contribution in [3.05, 3.63) is 66.0 Å². The summed E-state index contributed by atoms with van der Waals surface area (Å²) in [7, 11) is 1.48. The molecular weight excluding hydrogens is 268 g/mol. The Hall–Kier alpha value is -2.24. The third kappa shape index (κ3) is 4.11. The van der Waals surface area contributed by atoms with Gasteiger partial charge in [0.05, 0.1) is 6.10 Å². The van der Waals surface area contributed by atoms with Crippen LogP contribution in [0.2, 0.25) is 0 Å². The average Bonchev–Trinajstić information content (AvgIpc) is 2.55. The van der Waals surface area contributed by atoms with Gasteiger partial charge in [-0.05, 0) is 23.3 Å². The third-order valence-corrected chi connectivity index (χ3v) is 3.14. The minimum absolute atomic E-state index is 0.121. The number of benzene rings is 1. The van der Waals surface area contributed by atoms with Gasteiger partial charge in [0.2, 0.25) is 0 Å². The fourth-order valence-electron chi connectivity index (χ4n) is 2.02. The highest BCUT2D eigenvalue weighted by Gasteiger charge is 2.20. The Balaban J connectivity index is 1.94. The van der Waals surface area contributed by atoms with Gasteiger partial charge in [-0.3, -0.25) is 9.78 Å². The van der Waals surface area contributed by atoms with Crippen molar-refractivity contribution in [3.63, 3.8) is 0 Å². The first-order valence-electron chi connectivity index (χ1n) is 6.66. The standard InChI is InChI=1S/C16H18N2O3/c1-21-15(13-5-3-2-4-6-13)16(20)18-11-14(19)12-7-9-17-10-8-12/h2-10,14-15,19H,11H2,1H3,(H,18,20). The van der Waals surface area contributed by atoms with Crippen LogP contribution < -0.4 is 5.32 Å². The van der Waals surface area contributed by atoms with Gasteiger partial charge in [-0.25, -0.2) is 0 Å². The number of pyridine rings is 1. The highest BCUT2D eigenvalue weighted by molar-refractivity contribution is 5.82. The molecule has 0 spiro atoms. The van der Waals surface area contributed by atoms with Crippen LogP contribution in [0.1, 0.15) is 23.3 Å². The molecule has 0 saturated heterocycles. The zero-order valence-corrected chi connectivity index (χ0v) is 11.8. The summed E-state index contributed by atoms with van der Waals surface area (Å²) in [6.45, 7) is 0.121. The van der Waals surface area contributed by atoms with Crippen LogP contribution in [0.15, 0.2) is 54.9 Å². The Labute approximate surface area is 123 Å². The molecule has 1 heterocycles. The number of carbonyl (C=O) groups excluding carboxylic acids is 1. The maximum Gasteiger partial charge on any atom is 0.253 e. The normalized spacial score (nSPS) is 13.4. The number of aliphatic hydroxyl groups is 1. The van der Waals surface area contributed by atoms with Crippen molar-refractivity contribution in [2.75, 3.05) is 13.7 Å². The van der Waals surface area contributed by atoms with Crippen molar-refractivity contribution < 1.29 is 14.6 Å². The van der Waals surface area contributed by atoms with E-state index in [1.807, 2.05) is 30.3 Å². The van der Waals surface area contributed by atoms with Crippen LogP contribution in [0.5, 0.6) is 0 Å². The first-order valence-corrected chi connectivity index (χ1v) is 6.66. The summed E-state index contributed by atoms with van der Waals surface area (Å²) in [4.78, 5) is 16.0. The molecule has 0 aliphatic heterocycles. The summed E-state index contributed by atoms with van der Waals surface area (Å²) in [5.74, 6) is -0.281. The Bertz CT molecular complexity index is 560. The quantitative estimate of drug-likeness (QED) is 0.846. The van der Waals surface area contributed by atoms with Crippen molar-refractivity contribution >= 4 is 5.91 Å². The summed E-state index contributed by atoms with van der Waals surface area (Å²) in [6, 6.07) is 12.6. The van der Waals surface area contributed by atoms with Crippen molar-refractivity contribution in [1.29, 1.82) is 0 Å². The van der Waals surface area contributed by atoms with Crippen molar-refractivity contribution in [3.8, 4) is 0 Å². The predicted octanol–water partition coefficient (Wildman–Crippen LogP) is 1.62. The van der Waals surface area contributed by atoms with Gasteiger partial charge in [0.1, 0.15) is 0 Å². The van der Waals surface area contributed by atoms with Crippen molar-refractivity contribution in [1.82, 2.24) is 10.3 Å². The van der Waals surface area contributed by atoms with E-state index in [1.165, 1.54) is 7.11 Å². The van der Waals surface area contributed by atoms with E-state index < -0.39 is 12.2 Å². The molecule has 5 heteroatoms. The third-order valence-electron chi connectivity index (χ3n) is 3.14. The second-order valence-electron chi connectivity index (χ2n) is 4.57. The number of nitrogens with one attached hydrogen (secondary N) is 1. The first-order chi connectivity index (χ1) is 10.2. The van der Waals surface area contributed by atoms with Crippen LogP contribution >= 0.6 is 0 Å². The fraction of sp³-hybridized carbons (Fsp3) is 0.250. The van der Waals surface area contributed by atoms with Gasteiger partial charge in [-0.1, -0.05) is 30.3 Å². The molecule has 0 bridgehead atoms. The molecule has 2 unspecified atom stereocenters. The summed E-state index contributed by atoms with van der Waals surface area (Å²) in [5, 5.41) is 12.7. The van der Waals surface area contributed by atoms with Crippen LogP contribution in [-0.4, -0.2) is 29.7 Å². The number of aromatic nitrogens is 1. The largest absolute Gasteiger partial charge is 0.387 e. The lowest BCUT2D eigenvalue weighted by molar-refractivity contribution is -0.131. The Morgan fingerprint density at radius 2 is 1.86 bits per heavy atom. The van der Waals surface area contributed by atoms with E-state index in [4.69, 9.17) is 4.74 Å². The molecule has 0 aliphatic rings. The number of carbonyl (C=O) groups is 1. The molecular formula is C16H18N2O3. The molecule has 0 aliphatic carbocycles. The van der Waals surface area contributed by atoms with Crippen LogP contribution in [0.4, 0.5) is 0 Å². The van der Waals surface area contributed by atoms with E-state index in [2.05, 4.69) is 10.3 Å². The maximum atomic E-state index is 12.2. The topological polar surface area (TPSA) is 71.5 Å². The number of aliphatic hydroxyl groups excluding tert-OH is 1. The molecule has 1 aromatic carbocycles. The molecule has 110 valence electrons. The zero-order valence-electron chi connectivity index (χ0n) is 11.8. The van der Waals surface area contributed by atoms with Gasteiger partial charge in [-0.15, -0.1) is 0 Å². The minimum atomic E-state index is -0.773. The Morgan fingerprint density at radius 3 is 2.48 bits per heavy atom. The smallest absolute Gasteiger partial charge is 0.253 e. The number of hydrogen-bond donors (Lipinski definition) is 2. The van der Waals surface area contributed by atoms with Crippen molar-refractivity contribution in [2.45, 2.75) is 12.2 Å². The molecule has 0 fully saturated rings. The van der Waals surface area contributed by atoms with Gasteiger partial charge in [0, 0.05) is 26.0 Å². The zero-order chi connectivity index (χ0) is 15.1. The van der Waals surface area contributed by atoms with Gasteiger partial charge < -0.3 is 15.2 Å². The lowest BCUT2D eigenvalue weighted by atomic mass is 10.1. The minimum Gasteiger partial charge on any atom is -0.387 e. The first kappa shape index (κ1) is 15.2. The monoisotopic (exact) mass is 286 g/mol. The molecule has 1 amide bonds. The van der Waals surface area contributed by atoms with E-state index >= 15 is 0 Å². The molecule has 0 saturated carbocycles. The summed E-state index contributed by atoms with van der Waals surface area (Å²) < 4.78 is 5.23. The molecule has 2 N–H and O–H groups in total. The number of rotatable bonds is 6. The highest BCUT2D eigenvalue weighted by atomic mass is 16.5. The molecule has 2 rings (SSSR count). The molecule has 21 heavy (non-hydrogen) atoms. The summed E-state index contributed by atoms with van der Waals surface area (Å²) >= 11 is 0. The van der Waals surface area contributed by atoms with Crippen LogP contribution in [0, 0.1) is 0 Å². The lowest BCUT2D eigenvalue weighted by Gasteiger charge is -2.17. The van der Waals surface area contributed by atoms with Crippen molar-refractivity contribution in [2.24, 2.45) is 0 Å². The molecule has 5 nitrogen and oxygen atoms in total. The highest BCUT2D eigenvalue weighted by Crippen LogP contribution is 2.17. The fourth-order valence-corrected chi connectivity index (χ4v) is 2.02. The second-order valence-corrected chi connectivity index (χ2v) is 4.57. The van der Waals surface area contributed by atoms with Gasteiger partial charge in [-0.2, -0.15) is 0 Å². The number of ether oxygens (including phenoxy) is 1. The maximum absolute atomic E-state index is 12.2. The number of hydrogen-bond acceptors (Lipinski definition) is 4. The summed E-state index contributed by atoms with van der Waals surface area (Å²) in [6.07, 6.45) is 1.74. The lowest BCUT2D eigenvalue weighted by Crippen LogP contribution is -2.33. The van der Waals surface area contributed by atoms with E-state index in [0.29, 0.717) is 5.56 Å². The molecule has 0 radical (unpaired) electrons. The van der Waals surface area contributed by atoms with Crippen LogP contribution in [-0.2, 0) is 9.53 Å². The van der Waals surface area contributed by atoms with Gasteiger partial charge in [0.15, 0.2) is 6.10 Å². The summed E-state index contributed by atoms with van der Waals surface area (Å²) in [5.41, 5.74) is 1.48. The van der Waals surface area contributed by atoms with E-state index in [0.717, 1.165) is 5.56 Å². The molecule has 1 aromatic heterocycles. The van der Waals surface area contributed by atoms with Crippen LogP contribution in [0.3, 0.4) is 0 Å². The van der Waals surface area contributed by atoms with E-state index in [9.17, 15) is 9.90 Å². The Kier molecular flexibility index (Phi) is 5.43. The van der Waals surface area contributed by atoms with E-state index in [-0.39, 0.29) is 12.5 Å². The number of amides is 1. The molecule has 2 atom stereocenters. The number of methoxy groups -OCH3 is 1. The van der Waals surface area contributed by atoms with Gasteiger partial charge >= 0.3 is 0 Å². The molecule has 2 aromatic rings. The predicted molar refractivity (Wildman–Crippen MR) is 78.4 cm³/mol.